The number of ether oxygens (including phenoxy) is 1. The van der Waals surface area contributed by atoms with Crippen molar-refractivity contribution >= 4 is 28.4 Å². The number of nitrogens with one attached hydrogen (secondary N) is 1. The number of aromatic nitrogens is 4. The molecular weight excluding hydrogens is 431 g/mol. The van der Waals surface area contributed by atoms with Crippen LogP contribution in [-0.4, -0.2) is 45.2 Å². The third kappa shape index (κ3) is 4.14. The first-order valence-electron chi connectivity index (χ1n) is 10.6. The zero-order valence-electron chi connectivity index (χ0n) is 17.6. The first-order chi connectivity index (χ1) is 15.5. The number of carbonyl (C=O) groups excluding carboxylic acids is 1. The molecule has 3 heterocycles. The second-order valence-electron chi connectivity index (χ2n) is 8.35. The number of carbonyl (C=O) groups is 1. The van der Waals surface area contributed by atoms with Gasteiger partial charge in [0.1, 0.15) is 22.2 Å². The number of halogens is 1. The highest BCUT2D eigenvalue weighted by atomic mass is 32.1. The molecule has 0 radical (unpaired) electrons. The van der Waals surface area contributed by atoms with E-state index in [1.165, 1.54) is 17.4 Å². The molecule has 3 aromatic rings. The van der Waals surface area contributed by atoms with E-state index in [0.717, 1.165) is 37.2 Å². The number of nitrogens with zero attached hydrogens (tertiary/aromatic N) is 5. The van der Waals surface area contributed by atoms with E-state index in [4.69, 9.17) is 4.74 Å². The van der Waals surface area contributed by atoms with Crippen LogP contribution >= 0.6 is 11.3 Å². The summed E-state index contributed by atoms with van der Waals surface area (Å²) in [5, 5.41) is 21.2. The molecule has 0 unspecified atom stereocenters. The Labute approximate surface area is 188 Å². The van der Waals surface area contributed by atoms with Crippen LogP contribution in [0.4, 0.5) is 20.1 Å². The number of hydrogen-bond donors (Lipinski definition) is 1. The summed E-state index contributed by atoms with van der Waals surface area (Å²) < 4.78 is 19.7. The third-order valence-corrected chi connectivity index (χ3v) is 6.98. The van der Waals surface area contributed by atoms with Gasteiger partial charge in [0.15, 0.2) is 0 Å². The van der Waals surface area contributed by atoms with E-state index >= 15 is 0 Å². The second-order valence-corrected chi connectivity index (χ2v) is 9.51. The molecule has 1 saturated heterocycles. The zero-order chi connectivity index (χ0) is 22.1. The fourth-order valence-corrected chi connectivity index (χ4v) is 5.00. The maximum Gasteiger partial charge on any atom is 0.416 e. The van der Waals surface area contributed by atoms with Gasteiger partial charge in [-0.05, 0) is 62.8 Å². The largest absolute Gasteiger partial charge is 0.441 e. The van der Waals surface area contributed by atoms with E-state index in [9.17, 15) is 9.18 Å². The Morgan fingerprint density at radius 1 is 1.16 bits per heavy atom. The Balaban J connectivity index is 1.14. The molecular formula is C22H23FN6O2S. The van der Waals surface area contributed by atoms with Crippen LogP contribution < -0.4 is 10.2 Å². The Morgan fingerprint density at radius 3 is 2.66 bits per heavy atom. The summed E-state index contributed by atoms with van der Waals surface area (Å²) in [6, 6.07) is 10.1. The molecule has 1 spiro atoms. The molecule has 2 aromatic heterocycles. The molecule has 1 aliphatic heterocycles. The summed E-state index contributed by atoms with van der Waals surface area (Å²) in [6.45, 7) is 3.16. The van der Waals surface area contributed by atoms with Gasteiger partial charge in [-0.3, -0.25) is 0 Å². The number of amides is 1. The maximum absolute atomic E-state index is 13.9. The van der Waals surface area contributed by atoms with Gasteiger partial charge in [-0.25, -0.2) is 14.1 Å². The van der Waals surface area contributed by atoms with Crippen LogP contribution in [0, 0.1) is 18.7 Å². The average Bonchev–Trinajstić information content (AvgIpc) is 3.37. The highest BCUT2D eigenvalue weighted by Crippen LogP contribution is 2.41. The van der Waals surface area contributed by atoms with Crippen LogP contribution in [0.3, 0.4) is 0 Å². The van der Waals surface area contributed by atoms with Gasteiger partial charge < -0.3 is 10.1 Å². The highest BCUT2D eigenvalue weighted by molar-refractivity contribution is 7.15. The van der Waals surface area contributed by atoms with Gasteiger partial charge >= 0.3 is 6.09 Å². The Hall–Kier alpha value is -3.14. The first kappa shape index (κ1) is 20.7. The van der Waals surface area contributed by atoms with Crippen molar-refractivity contribution in [2.75, 3.05) is 23.3 Å². The van der Waals surface area contributed by atoms with Crippen molar-refractivity contribution in [1.82, 2.24) is 20.4 Å². The maximum atomic E-state index is 13.9. The second kappa shape index (κ2) is 8.42. The van der Waals surface area contributed by atoms with Crippen molar-refractivity contribution in [2.24, 2.45) is 5.92 Å². The molecule has 10 heteroatoms. The molecule has 32 heavy (non-hydrogen) atoms. The van der Waals surface area contributed by atoms with Crippen LogP contribution in [0.15, 0.2) is 36.4 Å². The molecule has 1 N–H and O–H groups in total. The monoisotopic (exact) mass is 454 g/mol. The molecule has 1 aliphatic carbocycles. The lowest BCUT2D eigenvalue weighted by Crippen LogP contribution is -2.39. The fourth-order valence-electron chi connectivity index (χ4n) is 4.32. The molecule has 0 bridgehead atoms. The topological polar surface area (TPSA) is 93.1 Å². The third-order valence-electron chi connectivity index (χ3n) is 6.12. The van der Waals surface area contributed by atoms with E-state index in [0.29, 0.717) is 34.7 Å². The Bertz CT molecular complexity index is 1110. The summed E-state index contributed by atoms with van der Waals surface area (Å²) in [4.78, 5) is 14.0. The predicted octanol–water partition coefficient (Wildman–Crippen LogP) is 4.44. The molecule has 1 saturated carbocycles. The number of benzene rings is 1. The van der Waals surface area contributed by atoms with Crippen LogP contribution in [-0.2, 0) is 4.74 Å². The van der Waals surface area contributed by atoms with Crippen LogP contribution in [0.1, 0.15) is 30.7 Å². The first-order valence-corrected chi connectivity index (χ1v) is 11.5. The molecule has 1 amide bonds. The molecule has 1 aromatic carbocycles. The normalized spacial score (nSPS) is 22.9. The molecule has 5 rings (SSSR count). The smallest absolute Gasteiger partial charge is 0.416 e. The van der Waals surface area contributed by atoms with Crippen molar-refractivity contribution in [1.29, 1.82) is 0 Å². The van der Waals surface area contributed by atoms with E-state index < -0.39 is 5.60 Å². The van der Waals surface area contributed by atoms with Crippen molar-refractivity contribution in [3.8, 4) is 11.3 Å². The van der Waals surface area contributed by atoms with Gasteiger partial charge in [0.05, 0.1) is 12.2 Å². The van der Waals surface area contributed by atoms with E-state index in [1.54, 1.807) is 29.2 Å². The van der Waals surface area contributed by atoms with Gasteiger partial charge in [-0.2, -0.15) is 0 Å². The predicted molar refractivity (Wildman–Crippen MR) is 119 cm³/mol. The molecule has 2 fully saturated rings. The summed E-state index contributed by atoms with van der Waals surface area (Å²) in [7, 11) is 0. The van der Waals surface area contributed by atoms with Crippen LogP contribution in [0.5, 0.6) is 0 Å². The van der Waals surface area contributed by atoms with Gasteiger partial charge in [0.25, 0.3) is 0 Å². The zero-order valence-corrected chi connectivity index (χ0v) is 18.4. The Kier molecular flexibility index (Phi) is 5.46. The van der Waals surface area contributed by atoms with E-state index in [-0.39, 0.29) is 11.9 Å². The molecule has 2 aliphatic rings. The molecule has 8 nitrogen and oxygen atoms in total. The average molecular weight is 455 g/mol. The van der Waals surface area contributed by atoms with Gasteiger partial charge in [0, 0.05) is 12.1 Å². The standard InChI is InChI=1S/C22H23FN6O2S/c1-14-25-28-20(32-14)29-13-22(31-21(29)30)10-8-15(9-11-22)12-24-19-7-6-18(26-27-19)16-4-2-3-5-17(16)23/h2-7,15H,8-13H2,1H3,(H,24,27)/t15-,22-. The number of aryl methyl sites for hydroxylation is 1. The molecule has 166 valence electrons. The number of anilines is 2. The number of hydrogen-bond acceptors (Lipinski definition) is 8. The van der Waals surface area contributed by atoms with E-state index in [2.05, 4.69) is 25.7 Å². The van der Waals surface area contributed by atoms with Gasteiger partial charge in [0.2, 0.25) is 5.13 Å². The van der Waals surface area contributed by atoms with Gasteiger partial charge in [-0.15, -0.1) is 20.4 Å². The van der Waals surface area contributed by atoms with Crippen molar-refractivity contribution in [3.05, 3.63) is 47.2 Å². The summed E-state index contributed by atoms with van der Waals surface area (Å²) in [5.74, 6) is 0.798. The number of rotatable bonds is 5. The van der Waals surface area contributed by atoms with Crippen molar-refractivity contribution in [3.63, 3.8) is 0 Å². The minimum atomic E-state index is -0.436. The lowest BCUT2D eigenvalue weighted by atomic mass is 9.78. The Morgan fingerprint density at radius 2 is 1.97 bits per heavy atom. The van der Waals surface area contributed by atoms with Crippen molar-refractivity contribution in [2.45, 2.75) is 38.2 Å². The quantitative estimate of drug-likeness (QED) is 0.609. The summed E-state index contributed by atoms with van der Waals surface area (Å²) >= 11 is 1.40. The van der Waals surface area contributed by atoms with Crippen LogP contribution in [0.2, 0.25) is 0 Å². The fraction of sp³-hybridized carbons (Fsp3) is 0.409. The highest BCUT2D eigenvalue weighted by Gasteiger charge is 2.48. The molecule has 0 atom stereocenters. The minimum Gasteiger partial charge on any atom is -0.441 e. The minimum absolute atomic E-state index is 0.314. The van der Waals surface area contributed by atoms with Crippen molar-refractivity contribution < 1.29 is 13.9 Å². The lowest BCUT2D eigenvalue weighted by Gasteiger charge is -2.35. The summed E-state index contributed by atoms with van der Waals surface area (Å²) in [6.07, 6.45) is 3.20. The SMILES string of the molecule is Cc1nnc(N2C[C@]3(CC[C@@H](CNc4ccc(-c5ccccc5F)nn4)CC3)OC2=O)s1. The van der Waals surface area contributed by atoms with E-state index in [1.807, 2.05) is 13.0 Å². The lowest BCUT2D eigenvalue weighted by molar-refractivity contribution is 0.0148. The summed E-state index contributed by atoms with van der Waals surface area (Å²) in [5.41, 5.74) is 0.508. The van der Waals surface area contributed by atoms with Gasteiger partial charge in [-0.1, -0.05) is 23.5 Å². The van der Waals surface area contributed by atoms with Crippen LogP contribution in [0.25, 0.3) is 11.3 Å².